The van der Waals surface area contributed by atoms with Gasteiger partial charge in [0.1, 0.15) is 11.2 Å². The zero-order valence-electron chi connectivity index (χ0n) is 57.6. The summed E-state index contributed by atoms with van der Waals surface area (Å²) in [7, 11) is 3.22. The Kier molecular flexibility index (Phi) is 50.0. The van der Waals surface area contributed by atoms with Gasteiger partial charge in [0.25, 0.3) is 0 Å². The van der Waals surface area contributed by atoms with Gasteiger partial charge in [-0.15, -0.1) is 0 Å². The zero-order chi connectivity index (χ0) is 72.9. The molecule has 0 radical (unpaired) electrons. The summed E-state index contributed by atoms with van der Waals surface area (Å²) in [5, 5.41) is 63.8. The Balaban J connectivity index is 0.00000158. The SMILES string of the molecule is CC(C)(C)OC(=O)CCNC(=O)CNC(=O)CNC(=O)CN.COCCOCCOCCN(CCCC(=O)NCC(=O)NCC(=O)NCC(=O)NCCC(=O)OC(C)(C)C)c1cc(CO)cc(CO)c1.COCCOCCOCCN(CCCC(=O)O)c1cc(CO)cc(CO)c1. The van der Waals surface area contributed by atoms with Gasteiger partial charge in [0, 0.05) is 77.7 Å². The number of ether oxygens (including phenoxy) is 8. The van der Waals surface area contributed by atoms with E-state index in [9.17, 15) is 68.4 Å². The van der Waals surface area contributed by atoms with Crippen LogP contribution in [0.4, 0.5) is 11.4 Å². The van der Waals surface area contributed by atoms with Gasteiger partial charge in [-0.2, -0.15) is 0 Å². The molecule has 33 heteroatoms. The monoisotopic (exact) mass is 1380 g/mol. The van der Waals surface area contributed by atoms with Crippen LogP contribution in [0, 0.1) is 0 Å². The first-order valence-electron chi connectivity index (χ1n) is 31.8. The Morgan fingerprint density at radius 2 is 0.691 bits per heavy atom. The van der Waals surface area contributed by atoms with E-state index in [0.717, 1.165) is 11.4 Å². The largest absolute Gasteiger partial charge is 0.481 e. The molecule has 14 N–H and O–H groups in total. The van der Waals surface area contributed by atoms with Crippen molar-refractivity contribution < 1.29 is 111 Å². The van der Waals surface area contributed by atoms with Crippen molar-refractivity contribution in [2.75, 3.05) is 169 Å². The lowest BCUT2D eigenvalue weighted by molar-refractivity contribution is -0.155. The highest BCUT2D eigenvalue weighted by atomic mass is 16.6. The third-order valence-electron chi connectivity index (χ3n) is 12.4. The molecule has 0 heterocycles. The minimum Gasteiger partial charge on any atom is -0.481 e. The number of nitrogens with one attached hydrogen (secondary N) is 7. The van der Waals surface area contributed by atoms with Crippen molar-refractivity contribution in [2.24, 2.45) is 5.73 Å². The summed E-state index contributed by atoms with van der Waals surface area (Å²) in [6.07, 6.45) is 1.16. The first-order chi connectivity index (χ1) is 46.1. The van der Waals surface area contributed by atoms with Crippen LogP contribution >= 0.6 is 0 Å². The molecule has 0 spiro atoms. The Morgan fingerprint density at radius 3 is 1.00 bits per heavy atom. The lowest BCUT2D eigenvalue weighted by Crippen LogP contribution is -2.44. The summed E-state index contributed by atoms with van der Waals surface area (Å²) >= 11 is 0. The molecule has 2 aromatic carbocycles. The fraction of sp³-hybridized carbons (Fsp3) is 0.656. The van der Waals surface area contributed by atoms with Crippen LogP contribution in [0.5, 0.6) is 0 Å². The van der Waals surface area contributed by atoms with Crippen molar-refractivity contribution >= 4 is 70.6 Å². The van der Waals surface area contributed by atoms with Crippen LogP contribution in [0.25, 0.3) is 0 Å². The van der Waals surface area contributed by atoms with Crippen LogP contribution in [0.2, 0.25) is 0 Å². The molecule has 0 bridgehead atoms. The molecule has 0 atom stereocenters. The third-order valence-corrected chi connectivity index (χ3v) is 12.4. The first-order valence-corrected chi connectivity index (χ1v) is 31.8. The van der Waals surface area contributed by atoms with Crippen molar-refractivity contribution in [3.8, 4) is 0 Å². The van der Waals surface area contributed by atoms with Gasteiger partial charge < -0.3 is 116 Å². The fourth-order valence-corrected chi connectivity index (χ4v) is 7.85. The highest BCUT2D eigenvalue weighted by molar-refractivity contribution is 5.90. The number of esters is 2. The Morgan fingerprint density at radius 1 is 0.392 bits per heavy atom. The molecule has 552 valence electrons. The molecule has 0 saturated heterocycles. The number of carboxylic acids is 1. The molecule has 33 nitrogen and oxygen atoms in total. The van der Waals surface area contributed by atoms with E-state index < -0.39 is 64.6 Å². The number of carbonyl (C=O) groups is 10. The average Bonchev–Trinajstić information content (AvgIpc) is 0.954. The van der Waals surface area contributed by atoms with Crippen molar-refractivity contribution in [1.29, 1.82) is 0 Å². The maximum absolute atomic E-state index is 12.4. The van der Waals surface area contributed by atoms with Gasteiger partial charge >= 0.3 is 17.9 Å². The average molecular weight is 1390 g/mol. The van der Waals surface area contributed by atoms with Crippen LogP contribution in [0.15, 0.2) is 36.4 Å². The van der Waals surface area contributed by atoms with Crippen molar-refractivity contribution in [3.63, 3.8) is 0 Å². The summed E-state index contributed by atoms with van der Waals surface area (Å²) in [6, 6.07) is 10.8. The number of carboxylic acid groups (broad SMARTS) is 1. The van der Waals surface area contributed by atoms with Gasteiger partial charge in [0.15, 0.2) is 0 Å². The third kappa shape index (κ3) is 51.2. The summed E-state index contributed by atoms with van der Waals surface area (Å²) in [5.41, 5.74) is 8.15. The van der Waals surface area contributed by atoms with Crippen LogP contribution in [0.3, 0.4) is 0 Å². The van der Waals surface area contributed by atoms with Gasteiger partial charge in [-0.05, 0) is 101 Å². The van der Waals surface area contributed by atoms with E-state index in [2.05, 4.69) is 37.2 Å². The molecule has 0 aliphatic heterocycles. The zero-order valence-corrected chi connectivity index (χ0v) is 57.6. The molecule has 0 unspecified atom stereocenters. The van der Waals surface area contributed by atoms with E-state index in [0.29, 0.717) is 127 Å². The molecule has 0 aliphatic rings. The van der Waals surface area contributed by atoms with Crippen molar-refractivity contribution in [3.05, 3.63) is 58.7 Å². The molecular formula is C64H108N10O23. The van der Waals surface area contributed by atoms with E-state index in [1.165, 1.54) is 0 Å². The van der Waals surface area contributed by atoms with E-state index >= 15 is 0 Å². The number of hydrogen-bond acceptors (Lipinski definition) is 25. The Labute approximate surface area is 568 Å². The number of rotatable bonds is 49. The topological polar surface area (TPSA) is 462 Å². The molecule has 7 amide bonds. The lowest BCUT2D eigenvalue weighted by Gasteiger charge is -2.26. The second-order valence-corrected chi connectivity index (χ2v) is 23.1. The molecule has 2 rings (SSSR count). The number of amides is 7. The second-order valence-electron chi connectivity index (χ2n) is 23.1. The minimum absolute atomic E-state index is 0.0115. The summed E-state index contributed by atoms with van der Waals surface area (Å²) < 4.78 is 42.0. The first kappa shape index (κ1) is 89.3. The summed E-state index contributed by atoms with van der Waals surface area (Å²) in [6.45, 7) is 15.0. The highest BCUT2D eigenvalue weighted by Crippen LogP contribution is 2.22. The fourth-order valence-electron chi connectivity index (χ4n) is 7.85. The van der Waals surface area contributed by atoms with Gasteiger partial charge in [-0.25, -0.2) is 0 Å². The quantitative estimate of drug-likeness (QED) is 0.0256. The molecule has 2 aromatic rings. The van der Waals surface area contributed by atoms with E-state index in [1.54, 1.807) is 67.9 Å². The number of benzene rings is 2. The summed E-state index contributed by atoms with van der Waals surface area (Å²) in [5.74, 6) is -5.17. The number of nitrogens with two attached hydrogens (primary N) is 1. The maximum Gasteiger partial charge on any atom is 0.308 e. The smallest absolute Gasteiger partial charge is 0.308 e. The number of nitrogens with zero attached hydrogens (tertiary/aromatic N) is 2. The van der Waals surface area contributed by atoms with Crippen molar-refractivity contribution in [2.45, 2.75) is 118 Å². The molecule has 0 saturated carbocycles. The number of anilines is 2. The van der Waals surface area contributed by atoms with Crippen LogP contribution < -0.4 is 52.8 Å². The number of aliphatic carboxylic acids is 1. The predicted molar refractivity (Wildman–Crippen MR) is 355 cm³/mol. The number of carbonyl (C=O) groups excluding carboxylic acids is 9. The van der Waals surface area contributed by atoms with E-state index in [1.807, 2.05) is 34.1 Å². The summed E-state index contributed by atoms with van der Waals surface area (Å²) in [4.78, 5) is 120. The molecule has 0 fully saturated rings. The Hall–Kier alpha value is -7.70. The van der Waals surface area contributed by atoms with Gasteiger partial charge in [0.05, 0.1) is 145 Å². The number of aliphatic hydroxyl groups is 4. The molecule has 0 aromatic heterocycles. The van der Waals surface area contributed by atoms with Gasteiger partial charge in [0.2, 0.25) is 41.4 Å². The maximum atomic E-state index is 12.4. The van der Waals surface area contributed by atoms with Crippen molar-refractivity contribution in [1.82, 2.24) is 37.2 Å². The highest BCUT2D eigenvalue weighted by Gasteiger charge is 2.19. The number of aliphatic hydroxyl groups excluding tert-OH is 4. The molecule has 0 aliphatic carbocycles. The molecule has 97 heavy (non-hydrogen) atoms. The van der Waals surface area contributed by atoms with Gasteiger partial charge in [-0.3, -0.25) is 47.9 Å². The van der Waals surface area contributed by atoms with Crippen LogP contribution in [-0.4, -0.2) is 255 Å². The van der Waals surface area contributed by atoms with Crippen LogP contribution in [-0.2, 0) is 112 Å². The van der Waals surface area contributed by atoms with Gasteiger partial charge in [-0.1, -0.05) is 12.1 Å². The normalized spacial score (nSPS) is 10.9. The number of hydrogen-bond donors (Lipinski definition) is 13. The predicted octanol–water partition coefficient (Wildman–Crippen LogP) is -1.82. The number of methoxy groups -OCH3 is 2. The van der Waals surface area contributed by atoms with Crippen LogP contribution in [0.1, 0.15) is 102 Å². The minimum atomic E-state index is -0.834. The lowest BCUT2D eigenvalue weighted by atomic mass is 10.1. The van der Waals surface area contributed by atoms with E-state index in [-0.39, 0.29) is 110 Å². The van der Waals surface area contributed by atoms with E-state index in [4.69, 9.17) is 48.7 Å². The Bertz CT molecular complexity index is 2580. The molecular weight excluding hydrogens is 1280 g/mol. The standard InChI is InChI=1S/C32H53N5O11.C19H31NO7.C13H24N4O5/c1-32(2,3)48-31(44)7-8-33-28(41)19-35-30(43)21-36-29(42)20-34-27(40)6-5-9-37(10-11-46-14-15-47-13-12-45-4)26-17-24(22-38)16-25(18-26)23-39;1-25-7-8-27-10-9-26-6-5-20(4-2-3-19(23)24)18-12-16(14-21)11-17(13-18)15-22;1-13(2,3)22-12(21)4-5-15-10(19)7-17-11(20)8-16-9(18)6-14/h16-18,38-39H,5-15,19-23H2,1-4H3,(H,33,41)(H,34,40)(H,35,43)(H,36,42);11-13,21-22H,2-10,14-15H2,1H3,(H,23,24);4-8,14H2,1-3H3,(H,15,19)(H,16,18)(H,17,20). The second kappa shape index (κ2) is 54.3.